The highest BCUT2D eigenvalue weighted by atomic mass is 32.2. The summed E-state index contributed by atoms with van der Waals surface area (Å²) in [5.41, 5.74) is 0.948. The molecule has 0 bridgehead atoms. The minimum Gasteiger partial charge on any atom is -0.481 e. The first-order chi connectivity index (χ1) is 11.2. The van der Waals surface area contributed by atoms with E-state index >= 15 is 0 Å². The molecule has 5 heteroatoms. The minimum atomic E-state index is -1.08. The number of rotatable bonds is 8. The van der Waals surface area contributed by atoms with Crippen LogP contribution in [0.25, 0.3) is 0 Å². The molecule has 0 aliphatic heterocycles. The third kappa shape index (κ3) is 5.79. The fourth-order valence-corrected chi connectivity index (χ4v) is 3.03. The predicted molar refractivity (Wildman–Crippen MR) is 91.2 cm³/mol. The first kappa shape index (κ1) is 17.1. The van der Waals surface area contributed by atoms with E-state index in [0.717, 1.165) is 10.5 Å². The van der Waals surface area contributed by atoms with Crippen molar-refractivity contribution in [1.82, 2.24) is 5.32 Å². The zero-order valence-electron chi connectivity index (χ0n) is 12.6. The Balaban J connectivity index is 1.82. The van der Waals surface area contributed by atoms with Gasteiger partial charge in [-0.05, 0) is 29.9 Å². The topological polar surface area (TPSA) is 66.4 Å². The van der Waals surface area contributed by atoms with Crippen LogP contribution in [0, 0.1) is 5.92 Å². The summed E-state index contributed by atoms with van der Waals surface area (Å²) in [5, 5.41) is 12.0. The second kappa shape index (κ2) is 9.00. The summed E-state index contributed by atoms with van der Waals surface area (Å²) in [5.74, 6) is -1.95. The van der Waals surface area contributed by atoms with E-state index in [1.807, 2.05) is 60.7 Å². The molecular weight excluding hydrogens is 310 g/mol. The van der Waals surface area contributed by atoms with Gasteiger partial charge in [0.15, 0.2) is 0 Å². The number of aliphatic carboxylic acids is 1. The largest absolute Gasteiger partial charge is 0.481 e. The first-order valence-corrected chi connectivity index (χ1v) is 8.37. The third-order valence-electron chi connectivity index (χ3n) is 3.34. The molecule has 120 valence electrons. The standard InChI is InChI=1S/C18H19NO3S/c20-17(19-13-14-7-3-1-4-8-14)16(18(21)22)11-12-23-15-9-5-2-6-10-15/h1-10,16H,11-13H2,(H,19,20)(H,21,22). The number of hydrogen-bond acceptors (Lipinski definition) is 3. The Kier molecular flexibility index (Phi) is 6.69. The van der Waals surface area contributed by atoms with Crippen LogP contribution >= 0.6 is 11.8 Å². The van der Waals surface area contributed by atoms with Gasteiger partial charge in [0, 0.05) is 11.4 Å². The van der Waals surface area contributed by atoms with Crippen molar-refractivity contribution >= 4 is 23.6 Å². The van der Waals surface area contributed by atoms with Crippen molar-refractivity contribution in [3.05, 3.63) is 66.2 Å². The summed E-state index contributed by atoms with van der Waals surface area (Å²) >= 11 is 1.55. The van der Waals surface area contributed by atoms with Crippen molar-refractivity contribution in [3.63, 3.8) is 0 Å². The fourth-order valence-electron chi connectivity index (χ4n) is 2.09. The molecule has 0 aromatic heterocycles. The lowest BCUT2D eigenvalue weighted by molar-refractivity contribution is -0.147. The Bertz CT molecular complexity index is 631. The van der Waals surface area contributed by atoms with Crippen LogP contribution in [0.1, 0.15) is 12.0 Å². The molecule has 0 aliphatic carbocycles. The highest BCUT2D eigenvalue weighted by Crippen LogP contribution is 2.20. The third-order valence-corrected chi connectivity index (χ3v) is 4.39. The second-order valence-electron chi connectivity index (χ2n) is 5.04. The van der Waals surface area contributed by atoms with E-state index in [4.69, 9.17) is 0 Å². The molecule has 0 radical (unpaired) electrons. The highest BCUT2D eigenvalue weighted by Gasteiger charge is 2.25. The van der Waals surface area contributed by atoms with Crippen molar-refractivity contribution in [2.45, 2.75) is 17.9 Å². The Hall–Kier alpha value is -2.27. The van der Waals surface area contributed by atoms with Crippen molar-refractivity contribution in [2.24, 2.45) is 5.92 Å². The maximum absolute atomic E-state index is 12.1. The molecule has 0 heterocycles. The lowest BCUT2D eigenvalue weighted by Gasteiger charge is -2.12. The molecule has 0 fully saturated rings. The van der Waals surface area contributed by atoms with Gasteiger partial charge in [0.05, 0.1) is 0 Å². The summed E-state index contributed by atoms with van der Waals surface area (Å²) in [4.78, 5) is 24.5. The van der Waals surface area contributed by atoms with Crippen LogP contribution in [0.4, 0.5) is 0 Å². The van der Waals surface area contributed by atoms with Crippen LogP contribution in [-0.2, 0) is 16.1 Å². The Labute approximate surface area is 139 Å². The van der Waals surface area contributed by atoms with E-state index < -0.39 is 17.8 Å². The van der Waals surface area contributed by atoms with Gasteiger partial charge in [-0.25, -0.2) is 0 Å². The number of carboxylic acid groups (broad SMARTS) is 1. The lowest BCUT2D eigenvalue weighted by Crippen LogP contribution is -2.35. The molecule has 1 amide bonds. The van der Waals surface area contributed by atoms with Gasteiger partial charge < -0.3 is 10.4 Å². The number of hydrogen-bond donors (Lipinski definition) is 2. The maximum atomic E-state index is 12.1. The van der Waals surface area contributed by atoms with E-state index in [2.05, 4.69) is 5.32 Å². The number of thioether (sulfide) groups is 1. The molecule has 0 aliphatic rings. The molecule has 2 N–H and O–H groups in total. The lowest BCUT2D eigenvalue weighted by atomic mass is 10.1. The van der Waals surface area contributed by atoms with Crippen LogP contribution in [-0.4, -0.2) is 22.7 Å². The van der Waals surface area contributed by atoms with Gasteiger partial charge in [-0.2, -0.15) is 0 Å². The van der Waals surface area contributed by atoms with Crippen molar-refractivity contribution in [1.29, 1.82) is 0 Å². The smallest absolute Gasteiger partial charge is 0.316 e. The molecule has 23 heavy (non-hydrogen) atoms. The number of carboxylic acids is 1. The summed E-state index contributed by atoms with van der Waals surface area (Å²) in [6, 6.07) is 19.2. The van der Waals surface area contributed by atoms with Crippen LogP contribution in [0.3, 0.4) is 0 Å². The molecule has 0 spiro atoms. The average molecular weight is 329 g/mol. The van der Waals surface area contributed by atoms with Crippen molar-refractivity contribution in [2.75, 3.05) is 5.75 Å². The van der Waals surface area contributed by atoms with Gasteiger partial charge in [-0.3, -0.25) is 9.59 Å². The van der Waals surface area contributed by atoms with E-state index in [1.54, 1.807) is 11.8 Å². The fraction of sp³-hybridized carbons (Fsp3) is 0.222. The molecule has 0 saturated heterocycles. The van der Waals surface area contributed by atoms with Crippen LogP contribution in [0.2, 0.25) is 0 Å². The quantitative estimate of drug-likeness (QED) is 0.576. The minimum absolute atomic E-state index is 0.301. The van der Waals surface area contributed by atoms with Crippen LogP contribution in [0.15, 0.2) is 65.6 Å². The first-order valence-electron chi connectivity index (χ1n) is 7.39. The normalized spacial score (nSPS) is 11.7. The van der Waals surface area contributed by atoms with E-state index in [0.29, 0.717) is 18.7 Å². The summed E-state index contributed by atoms with van der Waals surface area (Å²) in [6.07, 6.45) is 0.301. The zero-order valence-corrected chi connectivity index (χ0v) is 13.5. The number of amides is 1. The maximum Gasteiger partial charge on any atom is 0.316 e. The number of carbonyl (C=O) groups is 2. The van der Waals surface area contributed by atoms with Crippen LogP contribution < -0.4 is 5.32 Å². The number of nitrogens with one attached hydrogen (secondary N) is 1. The van der Waals surface area contributed by atoms with E-state index in [-0.39, 0.29) is 0 Å². The number of benzene rings is 2. The number of carbonyl (C=O) groups excluding carboxylic acids is 1. The Morgan fingerprint density at radius 3 is 2.22 bits per heavy atom. The monoisotopic (exact) mass is 329 g/mol. The molecule has 4 nitrogen and oxygen atoms in total. The summed E-state index contributed by atoms with van der Waals surface area (Å²) in [7, 11) is 0. The molecule has 2 aromatic rings. The molecule has 1 atom stereocenters. The van der Waals surface area contributed by atoms with Gasteiger partial charge in [0.1, 0.15) is 5.92 Å². The molecule has 2 aromatic carbocycles. The Morgan fingerprint density at radius 1 is 1.00 bits per heavy atom. The summed E-state index contributed by atoms with van der Waals surface area (Å²) in [6.45, 7) is 0.343. The summed E-state index contributed by atoms with van der Waals surface area (Å²) < 4.78 is 0. The molecular formula is C18H19NO3S. The van der Waals surface area contributed by atoms with Gasteiger partial charge >= 0.3 is 5.97 Å². The zero-order chi connectivity index (χ0) is 16.5. The van der Waals surface area contributed by atoms with E-state index in [1.165, 1.54) is 0 Å². The molecule has 1 unspecified atom stereocenters. The molecule has 0 saturated carbocycles. The van der Waals surface area contributed by atoms with Gasteiger partial charge in [0.25, 0.3) is 0 Å². The average Bonchev–Trinajstić information content (AvgIpc) is 2.58. The Morgan fingerprint density at radius 2 is 1.61 bits per heavy atom. The van der Waals surface area contributed by atoms with Crippen molar-refractivity contribution < 1.29 is 14.7 Å². The van der Waals surface area contributed by atoms with Gasteiger partial charge in [-0.15, -0.1) is 11.8 Å². The van der Waals surface area contributed by atoms with E-state index in [9.17, 15) is 14.7 Å². The SMILES string of the molecule is O=C(O)C(CCSc1ccccc1)C(=O)NCc1ccccc1. The van der Waals surface area contributed by atoms with Crippen molar-refractivity contribution in [3.8, 4) is 0 Å². The van der Waals surface area contributed by atoms with Gasteiger partial charge in [-0.1, -0.05) is 48.5 Å². The molecule has 2 rings (SSSR count). The van der Waals surface area contributed by atoms with Crippen LogP contribution in [0.5, 0.6) is 0 Å². The second-order valence-corrected chi connectivity index (χ2v) is 6.21. The highest BCUT2D eigenvalue weighted by molar-refractivity contribution is 7.99. The van der Waals surface area contributed by atoms with Gasteiger partial charge in [0.2, 0.25) is 5.91 Å². The predicted octanol–water partition coefficient (Wildman–Crippen LogP) is 3.19.